The van der Waals surface area contributed by atoms with Gasteiger partial charge in [-0.3, -0.25) is 9.36 Å². The van der Waals surface area contributed by atoms with E-state index in [0.29, 0.717) is 12.0 Å². The van der Waals surface area contributed by atoms with Crippen molar-refractivity contribution in [3.8, 4) is 0 Å². The molecule has 176 valence electrons. The topological polar surface area (TPSA) is 75.4 Å². The van der Waals surface area contributed by atoms with E-state index in [9.17, 15) is 9.18 Å². The lowest BCUT2D eigenvalue weighted by atomic mass is 10.2. The Bertz CT molecular complexity index is 1050. The minimum Gasteiger partial charge on any atom is -0.312 e. The Morgan fingerprint density at radius 1 is 1.21 bits per heavy atom. The fourth-order valence-corrected chi connectivity index (χ4v) is 2.78. The molecule has 0 atom stereocenters. The molecule has 0 fully saturated rings. The summed E-state index contributed by atoms with van der Waals surface area (Å²) in [5, 5.41) is 3.37. The van der Waals surface area contributed by atoms with Gasteiger partial charge in [-0.15, -0.1) is 0 Å². The maximum Gasteiger partial charge on any atom is 0.251 e. The van der Waals surface area contributed by atoms with E-state index in [0.717, 1.165) is 31.9 Å². The number of aliphatic imine (C=N–C) groups is 1. The number of hydrogen-bond acceptors (Lipinski definition) is 6. The smallest absolute Gasteiger partial charge is 0.251 e. The molecule has 2 aromatic rings. The Balaban J connectivity index is 2.21. The van der Waals surface area contributed by atoms with Gasteiger partial charge in [-0.25, -0.2) is 19.4 Å². The molecule has 0 aliphatic carbocycles. The van der Waals surface area contributed by atoms with Crippen molar-refractivity contribution in [1.29, 1.82) is 0 Å². The van der Waals surface area contributed by atoms with Gasteiger partial charge in [0.25, 0.3) is 11.5 Å². The monoisotopic (exact) mass is 452 g/mol. The van der Waals surface area contributed by atoms with Gasteiger partial charge < -0.3 is 10.2 Å². The van der Waals surface area contributed by atoms with E-state index in [1.807, 2.05) is 19.1 Å². The van der Waals surface area contributed by atoms with E-state index in [1.165, 1.54) is 29.1 Å². The second kappa shape index (κ2) is 14.8. The van der Waals surface area contributed by atoms with Crippen molar-refractivity contribution in [2.24, 2.45) is 4.99 Å². The third-order valence-electron chi connectivity index (χ3n) is 4.85. The normalized spacial score (nSPS) is 11.7. The fourth-order valence-electron chi connectivity index (χ4n) is 2.78. The van der Waals surface area contributed by atoms with Gasteiger partial charge in [0.05, 0.1) is 6.54 Å². The molecular weight excluding hydrogens is 419 g/mol. The number of nitrogens with one attached hydrogen (secondary N) is 1. The molecule has 0 radical (unpaired) electrons. The van der Waals surface area contributed by atoms with Crippen molar-refractivity contribution in [3.63, 3.8) is 0 Å². The maximum atomic E-state index is 13.5. The molecule has 0 bridgehead atoms. The first-order valence-corrected chi connectivity index (χ1v) is 11.2. The van der Waals surface area contributed by atoms with E-state index in [-0.39, 0.29) is 23.9 Å². The lowest BCUT2D eigenvalue weighted by Crippen LogP contribution is -2.29. The van der Waals surface area contributed by atoms with Crippen molar-refractivity contribution in [2.45, 2.75) is 26.8 Å². The minimum absolute atomic E-state index is 0.185. The molecule has 0 saturated carbocycles. The van der Waals surface area contributed by atoms with E-state index in [2.05, 4.69) is 39.1 Å². The quantitative estimate of drug-likeness (QED) is 0.417. The van der Waals surface area contributed by atoms with Gasteiger partial charge in [0.15, 0.2) is 0 Å². The summed E-state index contributed by atoms with van der Waals surface area (Å²) in [5.74, 6) is -0.118. The summed E-state index contributed by atoms with van der Waals surface area (Å²) in [7, 11) is 2.09. The van der Waals surface area contributed by atoms with Crippen LogP contribution in [0.5, 0.6) is 0 Å². The zero-order valence-electron chi connectivity index (χ0n) is 19.6. The van der Waals surface area contributed by atoms with Crippen LogP contribution in [-0.4, -0.2) is 58.4 Å². The van der Waals surface area contributed by atoms with Gasteiger partial charge >= 0.3 is 0 Å². The predicted octanol–water partition coefficient (Wildman–Crippen LogP) is 3.53. The Kier molecular flexibility index (Phi) is 11.6. The van der Waals surface area contributed by atoms with Crippen LogP contribution in [0.1, 0.15) is 25.8 Å². The number of halogens is 1. The van der Waals surface area contributed by atoms with E-state index in [4.69, 9.17) is 0 Å². The Labute approximate surface area is 195 Å². The molecule has 0 spiro atoms. The minimum atomic E-state index is -0.352. The van der Waals surface area contributed by atoms with Crippen LogP contribution in [0.4, 0.5) is 10.3 Å². The number of benzene rings is 1. The van der Waals surface area contributed by atoms with Crippen LogP contribution in [0.15, 0.2) is 76.9 Å². The zero-order valence-corrected chi connectivity index (χ0v) is 19.6. The van der Waals surface area contributed by atoms with Gasteiger partial charge in [0, 0.05) is 37.6 Å². The molecular formula is C25H33FN6O. The maximum absolute atomic E-state index is 13.5. The van der Waals surface area contributed by atoms with Crippen LogP contribution in [0, 0.1) is 5.82 Å². The SMILES string of the molecule is CCC(/C=C\CNCCN(C)CC)=Nc1nccccc(=O)n(Cc2cccc(F)c2)cn1. The average molecular weight is 453 g/mol. The summed E-state index contributed by atoms with van der Waals surface area (Å²) in [5.41, 5.74) is 1.21. The van der Waals surface area contributed by atoms with Crippen molar-refractivity contribution in [2.75, 3.05) is 33.2 Å². The zero-order chi connectivity index (χ0) is 23.9. The standard InChI is InChI=1S/C25H33FN6O/c1-4-23(12-9-14-27-16-17-31(3)5-2)30-25-28-15-7-6-13-24(33)32(20-29-25)19-21-10-8-11-22(26)18-21/h6-13,15,18,20,27H,4-5,14,16-17,19H2,1-3H3/b12-9-,13-6?,15-7?,28-25?,29-20?,30-23?. The highest BCUT2D eigenvalue weighted by Gasteiger charge is 1.99. The summed E-state index contributed by atoms with van der Waals surface area (Å²) >= 11 is 0. The highest BCUT2D eigenvalue weighted by Crippen LogP contribution is 2.05. The van der Waals surface area contributed by atoms with Crippen LogP contribution in [0.2, 0.25) is 0 Å². The number of aromatic nitrogens is 3. The molecule has 0 aliphatic heterocycles. The largest absolute Gasteiger partial charge is 0.312 e. The summed E-state index contributed by atoms with van der Waals surface area (Å²) < 4.78 is 14.9. The van der Waals surface area contributed by atoms with Crippen LogP contribution in [-0.2, 0) is 6.54 Å². The van der Waals surface area contributed by atoms with E-state index in [1.54, 1.807) is 30.5 Å². The van der Waals surface area contributed by atoms with Crippen LogP contribution >= 0.6 is 0 Å². The van der Waals surface area contributed by atoms with Gasteiger partial charge in [-0.2, -0.15) is 0 Å². The van der Waals surface area contributed by atoms with Crippen LogP contribution in [0.3, 0.4) is 0 Å². The Morgan fingerprint density at radius 2 is 2.06 bits per heavy atom. The molecule has 1 N–H and O–H groups in total. The number of hydrogen-bond donors (Lipinski definition) is 1. The third-order valence-corrected chi connectivity index (χ3v) is 4.85. The molecule has 1 aromatic heterocycles. The van der Waals surface area contributed by atoms with Crippen molar-refractivity contribution in [3.05, 3.63) is 88.9 Å². The Hall–Kier alpha value is -3.23. The number of rotatable bonds is 11. The summed E-state index contributed by atoms with van der Waals surface area (Å²) in [6.07, 6.45) is 7.62. The molecule has 0 aliphatic rings. The first-order chi connectivity index (χ1) is 16.0. The summed E-state index contributed by atoms with van der Waals surface area (Å²) in [6, 6.07) is 10.8. The summed E-state index contributed by atoms with van der Waals surface area (Å²) in [6.45, 7) is 8.01. The first kappa shape index (κ1) is 26.0. The van der Waals surface area contributed by atoms with Gasteiger partial charge in [-0.05, 0) is 49.9 Å². The van der Waals surface area contributed by atoms with Gasteiger partial charge in [0.1, 0.15) is 12.1 Å². The molecule has 7 nitrogen and oxygen atoms in total. The van der Waals surface area contributed by atoms with Crippen LogP contribution < -0.4 is 10.9 Å². The van der Waals surface area contributed by atoms with Gasteiger partial charge in [-0.1, -0.05) is 38.1 Å². The fraction of sp³-hybridized carbons (Fsp3) is 0.360. The number of nitrogens with zero attached hydrogens (tertiary/aromatic N) is 5. The lowest BCUT2D eigenvalue weighted by molar-refractivity contribution is 0.352. The number of likely N-dealkylation sites (N-methyl/N-ethyl adjacent to an activating group) is 1. The van der Waals surface area contributed by atoms with Crippen LogP contribution in [0.25, 0.3) is 0 Å². The van der Waals surface area contributed by atoms with E-state index < -0.39 is 0 Å². The second-order valence-corrected chi connectivity index (χ2v) is 7.43. The van der Waals surface area contributed by atoms with Crippen molar-refractivity contribution < 1.29 is 4.39 Å². The third kappa shape index (κ3) is 10.3. The van der Waals surface area contributed by atoms with Crippen molar-refractivity contribution >= 4 is 11.7 Å². The molecule has 8 heteroatoms. The molecule has 0 unspecified atom stereocenters. The first-order valence-electron chi connectivity index (χ1n) is 11.2. The highest BCUT2D eigenvalue weighted by molar-refractivity contribution is 5.95. The predicted molar refractivity (Wildman–Crippen MR) is 132 cm³/mol. The molecule has 0 amide bonds. The lowest BCUT2D eigenvalue weighted by Gasteiger charge is -2.13. The number of allylic oxidation sites excluding steroid dienone is 1. The summed E-state index contributed by atoms with van der Waals surface area (Å²) in [4.78, 5) is 27.9. The molecule has 0 saturated heterocycles. The average Bonchev–Trinajstić information content (AvgIpc) is 2.81. The molecule has 2 rings (SSSR count). The van der Waals surface area contributed by atoms with E-state index >= 15 is 0 Å². The van der Waals surface area contributed by atoms with Crippen molar-refractivity contribution in [1.82, 2.24) is 24.8 Å². The highest BCUT2D eigenvalue weighted by atomic mass is 19.1. The van der Waals surface area contributed by atoms with Gasteiger partial charge in [0.2, 0.25) is 0 Å². The molecule has 33 heavy (non-hydrogen) atoms. The molecule has 1 heterocycles. The Morgan fingerprint density at radius 3 is 2.82 bits per heavy atom. The molecule has 1 aromatic carbocycles. The second-order valence-electron chi connectivity index (χ2n) is 7.43.